The number of anilines is 2. The third kappa shape index (κ3) is 3.50. The van der Waals surface area contributed by atoms with E-state index >= 15 is 0 Å². The lowest BCUT2D eigenvalue weighted by molar-refractivity contribution is 0.374. The average molecular weight is 424 g/mol. The number of nitrogens with zero attached hydrogens (tertiary/aromatic N) is 3. The number of benzene rings is 2. The Morgan fingerprint density at radius 1 is 1.12 bits per heavy atom. The minimum atomic E-state index is -0.586. The molecule has 1 aromatic heterocycles. The van der Waals surface area contributed by atoms with Crippen LogP contribution in [0.15, 0.2) is 53.3 Å². The van der Waals surface area contributed by atoms with E-state index in [9.17, 15) is 15.3 Å². The highest BCUT2D eigenvalue weighted by Gasteiger charge is 2.36. The molecule has 32 heavy (non-hydrogen) atoms. The standard InChI is InChI=1S/C26H25N5O/c1-16-12-26(2,3)31(15-17-7-5-4-6-8-17)22-10-9-18(11-19(16)22)23-20(13-27)24(29)30-25(32)21(23)14-28/h4-11,16H,12,15H2,1-3H3,(H3,29,30,32). The fourth-order valence-electron chi connectivity index (χ4n) is 4.84. The molecule has 0 radical (unpaired) electrons. The zero-order valence-corrected chi connectivity index (χ0v) is 18.4. The summed E-state index contributed by atoms with van der Waals surface area (Å²) in [4.78, 5) is 17.2. The summed E-state index contributed by atoms with van der Waals surface area (Å²) in [7, 11) is 0. The van der Waals surface area contributed by atoms with Gasteiger partial charge in [0.1, 0.15) is 29.1 Å². The van der Waals surface area contributed by atoms with Crippen molar-refractivity contribution in [2.24, 2.45) is 0 Å². The van der Waals surface area contributed by atoms with Gasteiger partial charge in [-0.2, -0.15) is 10.5 Å². The summed E-state index contributed by atoms with van der Waals surface area (Å²) in [6.45, 7) is 7.47. The fraction of sp³-hybridized carbons (Fsp3) is 0.269. The van der Waals surface area contributed by atoms with E-state index in [1.807, 2.05) is 42.5 Å². The lowest BCUT2D eigenvalue weighted by Gasteiger charge is -2.48. The first-order valence-corrected chi connectivity index (χ1v) is 10.6. The second-order valence-electron chi connectivity index (χ2n) is 8.98. The fourth-order valence-corrected chi connectivity index (χ4v) is 4.84. The Morgan fingerprint density at radius 3 is 2.47 bits per heavy atom. The smallest absolute Gasteiger partial charge is 0.268 e. The second kappa shape index (κ2) is 7.90. The van der Waals surface area contributed by atoms with Crippen molar-refractivity contribution < 1.29 is 0 Å². The molecule has 1 atom stereocenters. The van der Waals surface area contributed by atoms with Gasteiger partial charge in [-0.1, -0.05) is 43.3 Å². The first-order chi connectivity index (χ1) is 15.3. The SMILES string of the molecule is CC1CC(C)(C)N(Cc2ccccc2)c2ccc(-c3c(C#N)c(N)[nH]c(=O)c3C#N)cc21. The Kier molecular flexibility index (Phi) is 5.24. The quantitative estimate of drug-likeness (QED) is 0.637. The van der Waals surface area contributed by atoms with Crippen LogP contribution in [0.3, 0.4) is 0 Å². The van der Waals surface area contributed by atoms with Gasteiger partial charge in [-0.25, -0.2) is 0 Å². The lowest BCUT2D eigenvalue weighted by atomic mass is 9.78. The van der Waals surface area contributed by atoms with Crippen LogP contribution in [0.2, 0.25) is 0 Å². The Labute approximate surface area is 187 Å². The Hall–Kier alpha value is -4.03. The van der Waals surface area contributed by atoms with Gasteiger partial charge in [0.05, 0.1) is 0 Å². The molecule has 6 nitrogen and oxygen atoms in total. The molecule has 1 unspecified atom stereocenters. The number of nitrogens with two attached hydrogens (primary N) is 1. The highest BCUT2D eigenvalue weighted by molar-refractivity contribution is 5.82. The zero-order chi connectivity index (χ0) is 23.0. The van der Waals surface area contributed by atoms with E-state index in [1.54, 1.807) is 0 Å². The van der Waals surface area contributed by atoms with Crippen molar-refractivity contribution in [3.63, 3.8) is 0 Å². The number of aromatic nitrogens is 1. The van der Waals surface area contributed by atoms with E-state index in [1.165, 1.54) is 5.56 Å². The normalized spacial score (nSPS) is 16.7. The van der Waals surface area contributed by atoms with Gasteiger partial charge >= 0.3 is 0 Å². The molecule has 2 aromatic carbocycles. The van der Waals surface area contributed by atoms with Crippen molar-refractivity contribution in [2.75, 3.05) is 10.6 Å². The number of nitrogens with one attached hydrogen (secondary N) is 1. The molecule has 0 bridgehead atoms. The molecule has 6 heteroatoms. The summed E-state index contributed by atoms with van der Waals surface area (Å²) < 4.78 is 0. The molecule has 0 amide bonds. The van der Waals surface area contributed by atoms with Crippen molar-refractivity contribution in [1.29, 1.82) is 10.5 Å². The topological polar surface area (TPSA) is 110 Å². The molecule has 1 aliphatic heterocycles. The Bertz CT molecular complexity index is 1330. The van der Waals surface area contributed by atoms with Crippen LogP contribution in [0.4, 0.5) is 11.5 Å². The van der Waals surface area contributed by atoms with Crippen LogP contribution in [0.5, 0.6) is 0 Å². The number of nitriles is 2. The van der Waals surface area contributed by atoms with Gasteiger partial charge in [0.15, 0.2) is 0 Å². The number of nitrogen functional groups attached to an aromatic ring is 1. The minimum Gasteiger partial charge on any atom is -0.384 e. The zero-order valence-electron chi connectivity index (χ0n) is 18.4. The summed E-state index contributed by atoms with van der Waals surface area (Å²) in [5.41, 5.74) is 9.72. The number of hydrogen-bond acceptors (Lipinski definition) is 5. The van der Waals surface area contributed by atoms with Crippen LogP contribution in [0.1, 0.15) is 55.4 Å². The van der Waals surface area contributed by atoms with Gasteiger partial charge in [0, 0.05) is 23.3 Å². The highest BCUT2D eigenvalue weighted by atomic mass is 16.1. The number of pyridine rings is 1. The molecule has 0 fully saturated rings. The molecule has 0 saturated carbocycles. The molecule has 2 heterocycles. The van der Waals surface area contributed by atoms with Crippen LogP contribution in [0.25, 0.3) is 11.1 Å². The van der Waals surface area contributed by atoms with Crippen LogP contribution < -0.4 is 16.2 Å². The lowest BCUT2D eigenvalue weighted by Crippen LogP contribution is -2.47. The van der Waals surface area contributed by atoms with Gasteiger partial charge in [0.25, 0.3) is 5.56 Å². The average Bonchev–Trinajstić information content (AvgIpc) is 2.76. The second-order valence-corrected chi connectivity index (χ2v) is 8.98. The van der Waals surface area contributed by atoms with Crippen molar-refractivity contribution in [3.05, 3.63) is 81.1 Å². The van der Waals surface area contributed by atoms with E-state index in [2.05, 4.69) is 48.9 Å². The van der Waals surface area contributed by atoms with E-state index in [0.29, 0.717) is 11.1 Å². The molecule has 3 N–H and O–H groups in total. The van der Waals surface area contributed by atoms with Gasteiger partial charge in [-0.15, -0.1) is 0 Å². The predicted molar refractivity (Wildman–Crippen MR) is 126 cm³/mol. The maximum atomic E-state index is 12.4. The summed E-state index contributed by atoms with van der Waals surface area (Å²) >= 11 is 0. The van der Waals surface area contributed by atoms with Crippen LogP contribution in [-0.4, -0.2) is 10.5 Å². The Balaban J connectivity index is 1.89. The van der Waals surface area contributed by atoms with E-state index in [4.69, 9.17) is 5.73 Å². The molecular weight excluding hydrogens is 398 g/mol. The first-order valence-electron chi connectivity index (χ1n) is 10.6. The van der Waals surface area contributed by atoms with Gasteiger partial charge in [-0.3, -0.25) is 4.79 Å². The highest BCUT2D eigenvalue weighted by Crippen LogP contribution is 2.45. The summed E-state index contributed by atoms with van der Waals surface area (Å²) in [5, 5.41) is 19.3. The largest absolute Gasteiger partial charge is 0.384 e. The minimum absolute atomic E-state index is 0.0240. The Morgan fingerprint density at radius 2 is 1.81 bits per heavy atom. The third-order valence-electron chi connectivity index (χ3n) is 6.33. The molecule has 1 aliphatic rings. The molecule has 0 spiro atoms. The van der Waals surface area contributed by atoms with Gasteiger partial charge in [0.2, 0.25) is 0 Å². The molecule has 0 saturated heterocycles. The number of aromatic amines is 1. The maximum Gasteiger partial charge on any atom is 0.268 e. The predicted octanol–water partition coefficient (Wildman–Crippen LogP) is 4.66. The van der Waals surface area contributed by atoms with E-state index < -0.39 is 5.56 Å². The van der Waals surface area contributed by atoms with Crippen LogP contribution >= 0.6 is 0 Å². The number of hydrogen-bond donors (Lipinski definition) is 2. The van der Waals surface area contributed by atoms with Crippen molar-refractivity contribution in [1.82, 2.24) is 4.98 Å². The van der Waals surface area contributed by atoms with Crippen molar-refractivity contribution in [3.8, 4) is 23.3 Å². The molecular formula is C26H25N5O. The van der Waals surface area contributed by atoms with Crippen LogP contribution in [-0.2, 0) is 6.54 Å². The summed E-state index contributed by atoms with van der Waals surface area (Å²) in [6, 6.07) is 20.3. The van der Waals surface area contributed by atoms with E-state index in [-0.39, 0.29) is 28.4 Å². The van der Waals surface area contributed by atoms with Crippen molar-refractivity contribution in [2.45, 2.75) is 45.2 Å². The number of H-pyrrole nitrogens is 1. The number of fused-ring (bicyclic) bond motifs is 1. The van der Waals surface area contributed by atoms with Gasteiger partial charge in [-0.05, 0) is 55.0 Å². The first kappa shape index (κ1) is 21.2. The van der Waals surface area contributed by atoms with Gasteiger partial charge < -0.3 is 15.6 Å². The summed E-state index contributed by atoms with van der Waals surface area (Å²) in [5.74, 6) is 0.242. The molecule has 160 valence electrons. The van der Waals surface area contributed by atoms with Crippen molar-refractivity contribution >= 4 is 11.5 Å². The van der Waals surface area contributed by atoms with E-state index in [0.717, 1.165) is 24.2 Å². The van der Waals surface area contributed by atoms with Crippen LogP contribution in [0, 0.1) is 22.7 Å². The molecule has 0 aliphatic carbocycles. The third-order valence-corrected chi connectivity index (χ3v) is 6.33. The summed E-state index contributed by atoms with van der Waals surface area (Å²) in [6.07, 6.45) is 0.948. The monoisotopic (exact) mass is 423 g/mol. The molecule has 3 aromatic rings. The molecule has 4 rings (SSSR count). The number of rotatable bonds is 3. The maximum absolute atomic E-state index is 12.4.